The van der Waals surface area contributed by atoms with Crippen molar-refractivity contribution in [1.82, 2.24) is 10.2 Å². The molecule has 1 fully saturated rings. The molecule has 13 nitrogen and oxygen atoms in total. The third-order valence-electron chi connectivity index (χ3n) is 4.64. The van der Waals surface area contributed by atoms with Gasteiger partial charge in [-0.2, -0.15) is 0 Å². The Kier molecular flexibility index (Phi) is 7.28. The van der Waals surface area contributed by atoms with Crippen LogP contribution in [0.3, 0.4) is 0 Å². The Labute approximate surface area is 174 Å². The van der Waals surface area contributed by atoms with Gasteiger partial charge in [0, 0.05) is 18.4 Å². The minimum Gasteiger partial charge on any atom is -0.481 e. The molecule has 166 valence electrons. The number of nitrogens with two attached hydrogens (primary N) is 2. The van der Waals surface area contributed by atoms with Gasteiger partial charge in [-0.05, 0) is 19.4 Å². The fourth-order valence-corrected chi connectivity index (χ4v) is 4.59. The molecule has 2 aliphatic heterocycles. The molecular formula is C16H22N4O9S. The maximum absolute atomic E-state index is 12.9. The van der Waals surface area contributed by atoms with Crippen molar-refractivity contribution in [2.75, 3.05) is 26.0 Å². The van der Waals surface area contributed by atoms with Gasteiger partial charge in [-0.1, -0.05) is 0 Å². The molecule has 0 bridgehead atoms. The highest BCUT2D eigenvalue weighted by molar-refractivity contribution is 8.00. The largest absolute Gasteiger partial charge is 0.481 e. The van der Waals surface area contributed by atoms with Gasteiger partial charge in [0.2, 0.25) is 5.91 Å². The summed E-state index contributed by atoms with van der Waals surface area (Å²) in [6, 6.07) is 0. The average Bonchev–Trinajstić information content (AvgIpc) is 2.69. The van der Waals surface area contributed by atoms with Crippen molar-refractivity contribution < 1.29 is 43.7 Å². The Morgan fingerprint density at radius 1 is 1.37 bits per heavy atom. The predicted octanol–water partition coefficient (Wildman–Crippen LogP) is -1.77. The number of β-lactam (4-membered cyclic amide) rings is 1. The summed E-state index contributed by atoms with van der Waals surface area (Å²) >= 11 is 1.05. The molecular weight excluding hydrogens is 424 g/mol. The zero-order chi connectivity index (χ0) is 22.6. The number of nitrogens with zero attached hydrogens (tertiary/aromatic N) is 1. The molecule has 30 heavy (non-hydrogen) atoms. The van der Waals surface area contributed by atoms with E-state index in [0.717, 1.165) is 23.8 Å². The van der Waals surface area contributed by atoms with Crippen LogP contribution >= 0.6 is 11.8 Å². The Morgan fingerprint density at radius 3 is 2.53 bits per heavy atom. The molecule has 0 spiro atoms. The van der Waals surface area contributed by atoms with E-state index in [1.807, 2.05) is 0 Å². The van der Waals surface area contributed by atoms with Crippen LogP contribution in [0.15, 0.2) is 11.3 Å². The molecule has 2 aliphatic rings. The molecule has 3 atom stereocenters. The average molecular weight is 446 g/mol. The van der Waals surface area contributed by atoms with Crippen LogP contribution in [0.2, 0.25) is 0 Å². The second-order valence-corrected chi connectivity index (χ2v) is 7.52. The molecule has 0 aromatic rings. The third-order valence-corrected chi connectivity index (χ3v) is 6.02. The number of rotatable bonds is 10. The van der Waals surface area contributed by atoms with E-state index >= 15 is 0 Å². The zero-order valence-corrected chi connectivity index (χ0v) is 16.8. The normalized spacial score (nSPS) is 23.9. The number of hydrogen-bond donors (Lipinski definition) is 5. The van der Waals surface area contributed by atoms with Crippen LogP contribution in [0.5, 0.6) is 0 Å². The Balaban J connectivity index is 2.28. The number of carboxylic acids is 2. The fraction of sp³-hybridized carbons (Fsp3) is 0.562. The van der Waals surface area contributed by atoms with Gasteiger partial charge in [-0.15, -0.1) is 11.8 Å². The lowest BCUT2D eigenvalue weighted by Crippen LogP contribution is -2.81. The first-order valence-corrected chi connectivity index (χ1v) is 9.78. The number of primary amides is 1. The van der Waals surface area contributed by atoms with E-state index < -0.39 is 59.2 Å². The van der Waals surface area contributed by atoms with Gasteiger partial charge in [0.1, 0.15) is 23.6 Å². The number of amides is 3. The summed E-state index contributed by atoms with van der Waals surface area (Å²) in [4.78, 5) is 60.3. The van der Waals surface area contributed by atoms with Crippen molar-refractivity contribution >= 4 is 41.6 Å². The SMILES string of the molecule is CO[C@@]1(NC(=O)C(CCCN)C(=O)O)C(=O)N2C(C(=O)O)=C(COC(N)=O)CS[C@H]21. The molecule has 14 heteroatoms. The van der Waals surface area contributed by atoms with Crippen LogP contribution in [-0.2, 0) is 28.7 Å². The van der Waals surface area contributed by atoms with Crippen molar-refractivity contribution in [1.29, 1.82) is 0 Å². The van der Waals surface area contributed by atoms with Crippen LogP contribution in [0.4, 0.5) is 4.79 Å². The quantitative estimate of drug-likeness (QED) is 0.144. The minimum atomic E-state index is -1.94. The first-order valence-electron chi connectivity index (χ1n) is 8.73. The molecule has 0 aromatic carbocycles. The lowest BCUT2D eigenvalue weighted by atomic mass is 9.95. The molecule has 0 saturated carbocycles. The maximum Gasteiger partial charge on any atom is 0.404 e. The summed E-state index contributed by atoms with van der Waals surface area (Å²) in [5.74, 6) is -6.09. The molecule has 1 unspecified atom stereocenters. The topological polar surface area (TPSA) is 212 Å². The monoisotopic (exact) mass is 446 g/mol. The van der Waals surface area contributed by atoms with Gasteiger partial charge < -0.3 is 36.5 Å². The van der Waals surface area contributed by atoms with Gasteiger partial charge in [-0.3, -0.25) is 19.3 Å². The summed E-state index contributed by atoms with van der Waals surface area (Å²) in [6.07, 6.45) is -0.871. The first kappa shape index (κ1) is 23.4. The molecule has 1 saturated heterocycles. The number of nitrogens with one attached hydrogen (secondary N) is 1. The number of carbonyl (C=O) groups is 5. The van der Waals surface area contributed by atoms with Crippen molar-refractivity contribution in [3.05, 3.63) is 11.3 Å². The first-order chi connectivity index (χ1) is 14.1. The Hall–Kier alpha value is -2.84. The summed E-state index contributed by atoms with van der Waals surface area (Å²) in [5.41, 5.74) is 8.05. The molecule has 0 radical (unpaired) electrons. The number of carbonyl (C=O) groups excluding carboxylic acids is 3. The minimum absolute atomic E-state index is 0.0396. The Bertz CT molecular complexity index is 802. The number of ether oxygens (including phenoxy) is 2. The van der Waals surface area contributed by atoms with E-state index in [1.54, 1.807) is 0 Å². The number of methoxy groups -OCH3 is 1. The lowest BCUT2D eigenvalue weighted by Gasteiger charge is -2.55. The maximum atomic E-state index is 12.9. The zero-order valence-electron chi connectivity index (χ0n) is 16.0. The number of fused-ring (bicyclic) bond motifs is 1. The van der Waals surface area contributed by atoms with Crippen LogP contribution in [0.25, 0.3) is 0 Å². The highest BCUT2D eigenvalue weighted by Gasteiger charge is 2.67. The number of carboxylic acid groups (broad SMARTS) is 2. The Morgan fingerprint density at radius 2 is 2.03 bits per heavy atom. The summed E-state index contributed by atoms with van der Waals surface area (Å²) < 4.78 is 9.87. The van der Waals surface area contributed by atoms with Crippen molar-refractivity contribution in [3.8, 4) is 0 Å². The van der Waals surface area contributed by atoms with Gasteiger partial charge in [0.25, 0.3) is 11.6 Å². The van der Waals surface area contributed by atoms with Crippen LogP contribution in [0.1, 0.15) is 12.8 Å². The second-order valence-electron chi connectivity index (χ2n) is 6.45. The highest BCUT2D eigenvalue weighted by atomic mass is 32.2. The van der Waals surface area contributed by atoms with E-state index in [-0.39, 0.29) is 30.7 Å². The van der Waals surface area contributed by atoms with E-state index in [9.17, 15) is 34.2 Å². The standard InChI is InChI=1S/C16H22N4O9S/c1-28-16(19-10(21)8(11(22)23)3-2-4-17)13(26)20-9(12(24)25)7(5-29-15(18)27)6-30-14(16)20/h8,14H,2-6,17H2,1H3,(H2,18,27)(H,19,21)(H,22,23)(H,24,25)/t8?,14-,16-/m0/s1. The number of hydrogen-bond acceptors (Lipinski definition) is 9. The van der Waals surface area contributed by atoms with Crippen molar-refractivity contribution in [3.63, 3.8) is 0 Å². The van der Waals surface area contributed by atoms with Crippen molar-refractivity contribution in [2.45, 2.75) is 23.9 Å². The predicted molar refractivity (Wildman–Crippen MR) is 101 cm³/mol. The van der Waals surface area contributed by atoms with Crippen LogP contribution in [0, 0.1) is 5.92 Å². The summed E-state index contributed by atoms with van der Waals surface area (Å²) in [7, 11) is 1.14. The molecule has 7 N–H and O–H groups in total. The van der Waals surface area contributed by atoms with Gasteiger partial charge in [0.05, 0.1) is 0 Å². The summed E-state index contributed by atoms with van der Waals surface area (Å²) in [6.45, 7) is -0.242. The van der Waals surface area contributed by atoms with E-state index in [1.165, 1.54) is 0 Å². The van der Waals surface area contributed by atoms with Crippen LogP contribution in [-0.4, -0.2) is 82.1 Å². The van der Waals surface area contributed by atoms with E-state index in [4.69, 9.17) is 16.2 Å². The smallest absolute Gasteiger partial charge is 0.404 e. The van der Waals surface area contributed by atoms with Crippen LogP contribution < -0.4 is 16.8 Å². The fourth-order valence-electron chi connectivity index (χ4n) is 3.17. The second kappa shape index (κ2) is 9.32. The molecule has 0 aliphatic carbocycles. The number of thioether (sulfide) groups is 1. The van der Waals surface area contributed by atoms with E-state index in [0.29, 0.717) is 0 Å². The molecule has 2 rings (SSSR count). The molecule has 0 aromatic heterocycles. The molecule has 3 amide bonds. The third kappa shape index (κ3) is 4.20. The van der Waals surface area contributed by atoms with Crippen molar-refractivity contribution in [2.24, 2.45) is 17.4 Å². The highest BCUT2D eigenvalue weighted by Crippen LogP contribution is 2.46. The van der Waals surface area contributed by atoms with Gasteiger partial charge in [-0.25, -0.2) is 9.59 Å². The van der Waals surface area contributed by atoms with Gasteiger partial charge in [0.15, 0.2) is 0 Å². The number of aliphatic carboxylic acids is 2. The molecule has 2 heterocycles. The summed E-state index contributed by atoms with van der Waals surface area (Å²) in [5, 5.41) is 20.2. The van der Waals surface area contributed by atoms with Gasteiger partial charge >= 0.3 is 18.0 Å². The lowest BCUT2D eigenvalue weighted by molar-refractivity contribution is -0.193. The van der Waals surface area contributed by atoms with E-state index in [2.05, 4.69) is 10.1 Å².